The van der Waals surface area contributed by atoms with E-state index in [-0.39, 0.29) is 22.6 Å². The zero-order chi connectivity index (χ0) is 19.9. The third-order valence-electron chi connectivity index (χ3n) is 4.98. The van der Waals surface area contributed by atoms with E-state index in [1.54, 1.807) is 16.7 Å². The number of benzene rings is 1. The zero-order valence-corrected chi connectivity index (χ0v) is 17.2. The highest BCUT2D eigenvalue weighted by molar-refractivity contribution is 8.01. The van der Waals surface area contributed by atoms with Crippen LogP contribution in [0.25, 0.3) is 11.3 Å². The lowest BCUT2D eigenvalue weighted by molar-refractivity contribution is -0.135. The number of thiazole rings is 1. The Morgan fingerprint density at radius 1 is 1.25 bits per heavy atom. The molecule has 2 fully saturated rings. The number of thioether (sulfide) groups is 1. The average molecular weight is 417 g/mol. The predicted octanol–water partition coefficient (Wildman–Crippen LogP) is 3.16. The molecule has 9 heteroatoms. The zero-order valence-electron chi connectivity index (χ0n) is 15.5. The largest absolute Gasteiger partial charge is 0.326 e. The number of rotatable bonds is 4. The normalized spacial score (nSPS) is 23.6. The van der Waals surface area contributed by atoms with E-state index in [1.165, 1.54) is 18.3 Å². The number of nitrogens with one attached hydrogen (secondary N) is 2. The second-order valence-corrected chi connectivity index (χ2v) is 9.41. The maximum atomic E-state index is 12.7. The van der Waals surface area contributed by atoms with E-state index in [2.05, 4.69) is 15.6 Å². The lowest BCUT2D eigenvalue weighted by Gasteiger charge is -2.29. The lowest BCUT2D eigenvalue weighted by Crippen LogP contribution is -2.48. The molecule has 2 aliphatic rings. The van der Waals surface area contributed by atoms with Gasteiger partial charge in [-0.15, -0.1) is 23.1 Å². The standard InChI is InChI=1S/C19H20N4O3S2/c1-11(24)20-13-5-3-12(4-6-13)14-9-27-18(21-14)22-17(26)15-10-28-19(2)8-7-16(25)23(15)19/h3-6,9,15H,7-8,10H2,1-2H3,(H,20,24)(H,21,22,26)/t15-,19-/m1/s1. The number of nitrogens with zero attached hydrogens (tertiary/aromatic N) is 2. The fourth-order valence-electron chi connectivity index (χ4n) is 3.59. The highest BCUT2D eigenvalue weighted by Gasteiger charge is 2.52. The summed E-state index contributed by atoms with van der Waals surface area (Å²) in [5.74, 6) is 0.348. The Morgan fingerprint density at radius 2 is 2.00 bits per heavy atom. The summed E-state index contributed by atoms with van der Waals surface area (Å²) in [5, 5.41) is 7.97. The molecule has 0 saturated carbocycles. The van der Waals surface area contributed by atoms with Gasteiger partial charge in [0, 0.05) is 35.7 Å². The smallest absolute Gasteiger partial charge is 0.249 e. The average Bonchev–Trinajstić information content (AvgIpc) is 3.31. The number of aromatic nitrogens is 1. The van der Waals surface area contributed by atoms with Gasteiger partial charge >= 0.3 is 0 Å². The van der Waals surface area contributed by atoms with E-state index in [4.69, 9.17) is 0 Å². The SMILES string of the molecule is CC(=O)Nc1ccc(-c2csc(NC(=O)[C@H]3CS[C@]4(C)CCC(=O)N34)n2)cc1. The van der Waals surface area contributed by atoms with Crippen LogP contribution in [-0.2, 0) is 14.4 Å². The summed E-state index contributed by atoms with van der Waals surface area (Å²) in [6.07, 6.45) is 1.29. The van der Waals surface area contributed by atoms with Gasteiger partial charge < -0.3 is 15.5 Å². The molecule has 28 heavy (non-hydrogen) atoms. The summed E-state index contributed by atoms with van der Waals surface area (Å²) < 4.78 is 0. The molecule has 0 unspecified atom stereocenters. The number of amides is 3. The molecule has 4 rings (SSSR count). The quantitative estimate of drug-likeness (QED) is 0.799. The molecule has 0 aliphatic carbocycles. The maximum absolute atomic E-state index is 12.7. The van der Waals surface area contributed by atoms with E-state index in [0.717, 1.165) is 23.4 Å². The number of hydrogen-bond donors (Lipinski definition) is 2. The van der Waals surface area contributed by atoms with Gasteiger partial charge in [-0.25, -0.2) is 4.98 Å². The van der Waals surface area contributed by atoms with E-state index in [0.29, 0.717) is 17.3 Å². The molecular formula is C19H20N4O3S2. The van der Waals surface area contributed by atoms with Gasteiger partial charge in [0.15, 0.2) is 5.13 Å². The number of carbonyl (C=O) groups excluding carboxylic acids is 3. The monoisotopic (exact) mass is 416 g/mol. The Hall–Kier alpha value is -2.39. The minimum absolute atomic E-state index is 0.0479. The van der Waals surface area contributed by atoms with Crippen molar-refractivity contribution in [2.75, 3.05) is 16.4 Å². The lowest BCUT2D eigenvalue weighted by atomic mass is 10.1. The van der Waals surface area contributed by atoms with E-state index < -0.39 is 6.04 Å². The Morgan fingerprint density at radius 3 is 2.71 bits per heavy atom. The van der Waals surface area contributed by atoms with Crippen molar-refractivity contribution in [3.05, 3.63) is 29.6 Å². The van der Waals surface area contributed by atoms with Crippen LogP contribution >= 0.6 is 23.1 Å². The first kappa shape index (κ1) is 18.9. The number of hydrogen-bond acceptors (Lipinski definition) is 6. The minimum atomic E-state index is -0.450. The van der Waals surface area contributed by atoms with Crippen LogP contribution in [0.5, 0.6) is 0 Å². The van der Waals surface area contributed by atoms with E-state index in [9.17, 15) is 14.4 Å². The Kier molecular flexibility index (Phi) is 4.88. The van der Waals surface area contributed by atoms with Gasteiger partial charge in [0.05, 0.1) is 10.6 Å². The van der Waals surface area contributed by atoms with Gasteiger partial charge in [-0.2, -0.15) is 0 Å². The summed E-state index contributed by atoms with van der Waals surface area (Å²) in [5.41, 5.74) is 2.36. The fraction of sp³-hybridized carbons (Fsp3) is 0.368. The molecule has 3 heterocycles. The van der Waals surface area contributed by atoms with Crippen LogP contribution in [0.1, 0.15) is 26.7 Å². The molecule has 1 aromatic carbocycles. The van der Waals surface area contributed by atoms with Crippen molar-refractivity contribution in [1.82, 2.24) is 9.88 Å². The van der Waals surface area contributed by atoms with Crippen LogP contribution in [0, 0.1) is 0 Å². The summed E-state index contributed by atoms with van der Waals surface area (Å²) in [6, 6.07) is 6.91. The van der Waals surface area contributed by atoms with Crippen LogP contribution < -0.4 is 10.6 Å². The van der Waals surface area contributed by atoms with E-state index >= 15 is 0 Å². The van der Waals surface area contributed by atoms with Crippen molar-refractivity contribution < 1.29 is 14.4 Å². The van der Waals surface area contributed by atoms with Gasteiger partial charge in [-0.1, -0.05) is 12.1 Å². The molecule has 2 N–H and O–H groups in total. The molecule has 0 radical (unpaired) electrons. The number of carbonyl (C=O) groups is 3. The number of fused-ring (bicyclic) bond motifs is 1. The van der Waals surface area contributed by atoms with Crippen LogP contribution in [0.4, 0.5) is 10.8 Å². The second kappa shape index (κ2) is 7.21. The van der Waals surface area contributed by atoms with Crippen molar-refractivity contribution in [1.29, 1.82) is 0 Å². The van der Waals surface area contributed by atoms with Crippen molar-refractivity contribution >= 4 is 51.6 Å². The number of anilines is 2. The van der Waals surface area contributed by atoms with Gasteiger partial charge in [0.25, 0.3) is 0 Å². The molecular weight excluding hydrogens is 396 g/mol. The predicted molar refractivity (Wildman–Crippen MR) is 111 cm³/mol. The molecule has 146 valence electrons. The highest BCUT2D eigenvalue weighted by atomic mass is 32.2. The van der Waals surface area contributed by atoms with Gasteiger partial charge in [0.2, 0.25) is 17.7 Å². The molecule has 3 amide bonds. The first-order valence-corrected chi connectivity index (χ1v) is 10.8. The van der Waals surface area contributed by atoms with Gasteiger partial charge in [0.1, 0.15) is 6.04 Å². The molecule has 1 aromatic heterocycles. The van der Waals surface area contributed by atoms with Gasteiger partial charge in [-0.3, -0.25) is 14.4 Å². The first-order valence-electron chi connectivity index (χ1n) is 8.96. The van der Waals surface area contributed by atoms with Crippen LogP contribution in [0.15, 0.2) is 29.6 Å². The minimum Gasteiger partial charge on any atom is -0.326 e. The topological polar surface area (TPSA) is 91.4 Å². The third-order valence-corrected chi connectivity index (χ3v) is 7.25. The molecule has 2 saturated heterocycles. The molecule has 2 atom stereocenters. The van der Waals surface area contributed by atoms with E-state index in [1.807, 2.05) is 36.6 Å². The van der Waals surface area contributed by atoms with Gasteiger partial charge in [-0.05, 0) is 25.5 Å². The molecule has 2 aliphatic heterocycles. The fourth-order valence-corrected chi connectivity index (χ4v) is 5.75. The summed E-state index contributed by atoms with van der Waals surface area (Å²) in [4.78, 5) is 42.0. The van der Waals surface area contributed by atoms with Crippen molar-refractivity contribution in [3.63, 3.8) is 0 Å². The molecule has 0 spiro atoms. The first-order chi connectivity index (χ1) is 13.4. The van der Waals surface area contributed by atoms with Crippen molar-refractivity contribution in [3.8, 4) is 11.3 Å². The highest BCUT2D eigenvalue weighted by Crippen LogP contribution is 2.47. The van der Waals surface area contributed by atoms with Crippen LogP contribution in [0.2, 0.25) is 0 Å². The van der Waals surface area contributed by atoms with Crippen molar-refractivity contribution in [2.45, 2.75) is 37.6 Å². The molecule has 0 bridgehead atoms. The summed E-state index contributed by atoms with van der Waals surface area (Å²) >= 11 is 3.02. The van der Waals surface area contributed by atoms with Crippen LogP contribution in [0.3, 0.4) is 0 Å². The molecule has 2 aromatic rings. The molecule has 7 nitrogen and oxygen atoms in total. The second-order valence-electron chi connectivity index (χ2n) is 7.05. The Bertz CT molecular complexity index is 943. The summed E-state index contributed by atoms with van der Waals surface area (Å²) in [6.45, 7) is 3.49. The Labute approximate surface area is 170 Å². The third kappa shape index (κ3) is 3.51. The maximum Gasteiger partial charge on any atom is 0.249 e. The summed E-state index contributed by atoms with van der Waals surface area (Å²) in [7, 11) is 0. The van der Waals surface area contributed by atoms with Crippen molar-refractivity contribution in [2.24, 2.45) is 0 Å². The van der Waals surface area contributed by atoms with Crippen LogP contribution in [-0.4, -0.2) is 44.3 Å². The Balaban J connectivity index is 1.44.